The second kappa shape index (κ2) is 9.77. The van der Waals surface area contributed by atoms with E-state index in [2.05, 4.69) is 83.7 Å². The fourth-order valence-electron chi connectivity index (χ4n) is 2.09. The van der Waals surface area contributed by atoms with Gasteiger partial charge in [-0.2, -0.15) is 0 Å². The van der Waals surface area contributed by atoms with Crippen LogP contribution in [0.2, 0.25) is 36.3 Å². The molecule has 0 aliphatic heterocycles. The van der Waals surface area contributed by atoms with Crippen LogP contribution in [-0.4, -0.2) is 36.0 Å². The maximum absolute atomic E-state index is 6.47. The zero-order valence-electron chi connectivity index (χ0n) is 19.6. The third kappa shape index (κ3) is 7.94. The lowest BCUT2D eigenvalue weighted by Gasteiger charge is -2.38. The standard InChI is InChI=1S/C22H41BrO3Si2/c1-21(2,3)27(7,8)24-15-14-20(17-25-28(9,10)22(4,5)6)26-19-13-11-12-18(23)16-19/h11-13,16,20H,14-15,17H2,1-10H3/t20-/m1/s1. The van der Waals surface area contributed by atoms with Crippen molar-refractivity contribution in [2.24, 2.45) is 0 Å². The van der Waals surface area contributed by atoms with Crippen molar-refractivity contribution in [3.63, 3.8) is 0 Å². The quantitative estimate of drug-likeness (QED) is 0.334. The van der Waals surface area contributed by atoms with E-state index in [-0.39, 0.29) is 16.2 Å². The first-order chi connectivity index (χ1) is 12.6. The van der Waals surface area contributed by atoms with Crippen LogP contribution in [0, 0.1) is 0 Å². The highest BCUT2D eigenvalue weighted by atomic mass is 79.9. The monoisotopic (exact) mass is 488 g/mol. The molecule has 0 spiro atoms. The molecule has 162 valence electrons. The maximum Gasteiger partial charge on any atom is 0.192 e. The Morgan fingerprint density at radius 1 is 0.893 bits per heavy atom. The summed E-state index contributed by atoms with van der Waals surface area (Å²) in [5.41, 5.74) is 0. The molecule has 0 radical (unpaired) electrons. The third-order valence-corrected chi connectivity index (χ3v) is 15.8. The molecular weight excluding hydrogens is 448 g/mol. The van der Waals surface area contributed by atoms with Crippen LogP contribution in [0.15, 0.2) is 28.7 Å². The van der Waals surface area contributed by atoms with Gasteiger partial charge in [-0.05, 0) is 54.5 Å². The van der Waals surface area contributed by atoms with Gasteiger partial charge >= 0.3 is 0 Å². The lowest BCUT2D eigenvalue weighted by atomic mass is 10.2. The average molecular weight is 490 g/mol. The molecule has 0 saturated heterocycles. The summed E-state index contributed by atoms with van der Waals surface area (Å²) in [6.07, 6.45) is 0.807. The fourth-order valence-corrected chi connectivity index (χ4v) is 4.56. The minimum atomic E-state index is -1.82. The van der Waals surface area contributed by atoms with E-state index in [1.807, 2.05) is 24.3 Å². The molecule has 0 N–H and O–H groups in total. The molecule has 0 heterocycles. The van der Waals surface area contributed by atoms with E-state index in [0.29, 0.717) is 13.2 Å². The van der Waals surface area contributed by atoms with Gasteiger partial charge in [0.05, 0.1) is 6.61 Å². The van der Waals surface area contributed by atoms with Crippen molar-refractivity contribution in [3.8, 4) is 5.75 Å². The fraction of sp³-hybridized carbons (Fsp3) is 0.727. The summed E-state index contributed by atoms with van der Waals surface area (Å²) < 4.78 is 20.2. The van der Waals surface area contributed by atoms with Gasteiger partial charge in [0.25, 0.3) is 0 Å². The van der Waals surface area contributed by atoms with Crippen LogP contribution in [0.4, 0.5) is 0 Å². The Hall–Kier alpha value is -0.146. The molecule has 0 amide bonds. The summed E-state index contributed by atoms with van der Waals surface area (Å²) in [5, 5.41) is 0.399. The van der Waals surface area contributed by atoms with Gasteiger partial charge in [0, 0.05) is 17.5 Å². The molecule has 6 heteroatoms. The van der Waals surface area contributed by atoms with Gasteiger partial charge in [0.1, 0.15) is 11.9 Å². The molecule has 28 heavy (non-hydrogen) atoms. The maximum atomic E-state index is 6.47. The van der Waals surface area contributed by atoms with E-state index < -0.39 is 16.6 Å². The minimum Gasteiger partial charge on any atom is -0.488 e. The Labute approximate surface area is 183 Å². The van der Waals surface area contributed by atoms with Gasteiger partial charge in [0.2, 0.25) is 0 Å². The largest absolute Gasteiger partial charge is 0.488 e. The van der Waals surface area contributed by atoms with Crippen molar-refractivity contribution >= 4 is 32.6 Å². The molecule has 0 fully saturated rings. The van der Waals surface area contributed by atoms with E-state index in [4.69, 9.17) is 13.6 Å². The molecule has 0 aliphatic rings. The van der Waals surface area contributed by atoms with E-state index in [0.717, 1.165) is 16.6 Å². The van der Waals surface area contributed by atoms with E-state index in [1.54, 1.807) is 0 Å². The van der Waals surface area contributed by atoms with Gasteiger partial charge in [-0.3, -0.25) is 0 Å². The second-order valence-corrected chi connectivity index (χ2v) is 21.2. The zero-order chi connectivity index (χ0) is 21.8. The summed E-state index contributed by atoms with van der Waals surface area (Å²) in [6, 6.07) is 8.01. The first kappa shape index (κ1) is 25.9. The first-order valence-electron chi connectivity index (χ1n) is 10.3. The van der Waals surface area contributed by atoms with E-state index in [1.165, 1.54) is 0 Å². The van der Waals surface area contributed by atoms with Crippen LogP contribution < -0.4 is 4.74 Å². The first-order valence-corrected chi connectivity index (χ1v) is 16.9. The number of ether oxygens (including phenoxy) is 1. The summed E-state index contributed by atoms with van der Waals surface area (Å²) in [7, 11) is -3.58. The Morgan fingerprint density at radius 2 is 1.43 bits per heavy atom. The normalized spacial score (nSPS) is 14.8. The molecule has 1 aromatic carbocycles. The average Bonchev–Trinajstić information content (AvgIpc) is 2.50. The van der Waals surface area contributed by atoms with Crippen LogP contribution in [0.1, 0.15) is 48.0 Å². The van der Waals surface area contributed by atoms with Crippen LogP contribution in [0.3, 0.4) is 0 Å². The van der Waals surface area contributed by atoms with E-state index in [9.17, 15) is 0 Å². The Bertz CT molecular complexity index is 619. The molecular formula is C22H41BrO3Si2. The van der Waals surface area contributed by atoms with E-state index >= 15 is 0 Å². The number of benzene rings is 1. The summed E-state index contributed by atoms with van der Waals surface area (Å²) in [6.45, 7) is 24.1. The van der Waals surface area contributed by atoms with Crippen molar-refractivity contribution in [2.75, 3.05) is 13.2 Å². The molecule has 0 saturated carbocycles. The number of hydrogen-bond donors (Lipinski definition) is 0. The van der Waals surface area contributed by atoms with Crippen LogP contribution in [0.25, 0.3) is 0 Å². The molecule has 1 aromatic rings. The van der Waals surface area contributed by atoms with Crippen molar-refractivity contribution in [3.05, 3.63) is 28.7 Å². The van der Waals surface area contributed by atoms with Gasteiger partial charge in [-0.25, -0.2) is 0 Å². The molecule has 0 unspecified atom stereocenters. The Kier molecular flexibility index (Phi) is 9.04. The molecule has 0 aliphatic carbocycles. The number of halogens is 1. The highest BCUT2D eigenvalue weighted by Crippen LogP contribution is 2.38. The predicted molar refractivity (Wildman–Crippen MR) is 129 cm³/mol. The number of hydrogen-bond acceptors (Lipinski definition) is 3. The SMILES string of the molecule is CC(C)(C)[Si](C)(C)OCC[C@H](CO[Si](C)(C)C(C)(C)C)Oc1cccc(Br)c1. The molecule has 3 nitrogen and oxygen atoms in total. The summed E-state index contributed by atoms with van der Waals surface area (Å²) >= 11 is 3.53. The molecule has 0 aromatic heterocycles. The highest BCUT2D eigenvalue weighted by molar-refractivity contribution is 9.10. The van der Waals surface area contributed by atoms with Crippen LogP contribution in [0.5, 0.6) is 5.75 Å². The third-order valence-electron chi connectivity index (χ3n) is 6.24. The summed E-state index contributed by atoms with van der Waals surface area (Å²) in [5.74, 6) is 0.866. The smallest absolute Gasteiger partial charge is 0.192 e. The van der Waals surface area contributed by atoms with Gasteiger partial charge < -0.3 is 13.6 Å². The Morgan fingerprint density at radius 3 is 1.93 bits per heavy atom. The molecule has 1 rings (SSSR count). The van der Waals surface area contributed by atoms with Gasteiger partial charge in [0.15, 0.2) is 16.6 Å². The topological polar surface area (TPSA) is 27.7 Å². The molecule has 1 atom stereocenters. The number of rotatable bonds is 9. The van der Waals surface area contributed by atoms with Crippen molar-refractivity contribution in [2.45, 2.75) is 90.3 Å². The lowest BCUT2D eigenvalue weighted by molar-refractivity contribution is 0.0962. The van der Waals surface area contributed by atoms with Crippen LogP contribution >= 0.6 is 15.9 Å². The predicted octanol–water partition coefficient (Wildman–Crippen LogP) is 7.63. The minimum absolute atomic E-state index is 0.0202. The lowest BCUT2D eigenvalue weighted by Crippen LogP contribution is -2.44. The second-order valence-electron chi connectivity index (χ2n) is 10.7. The van der Waals surface area contributed by atoms with Crippen molar-refractivity contribution in [1.29, 1.82) is 0 Å². The Balaban J connectivity index is 2.80. The van der Waals surface area contributed by atoms with Gasteiger partial charge in [-0.1, -0.05) is 63.5 Å². The van der Waals surface area contributed by atoms with Crippen molar-refractivity contribution < 1.29 is 13.6 Å². The van der Waals surface area contributed by atoms with Gasteiger partial charge in [-0.15, -0.1) is 0 Å². The van der Waals surface area contributed by atoms with Crippen molar-refractivity contribution in [1.82, 2.24) is 0 Å². The van der Waals surface area contributed by atoms with Crippen LogP contribution in [-0.2, 0) is 8.85 Å². The summed E-state index contributed by atoms with van der Waals surface area (Å²) in [4.78, 5) is 0. The zero-order valence-corrected chi connectivity index (χ0v) is 23.2. The highest BCUT2D eigenvalue weighted by Gasteiger charge is 2.39. The molecule has 0 bridgehead atoms.